The Bertz CT molecular complexity index is 1040. The highest BCUT2D eigenvalue weighted by molar-refractivity contribution is 7.88. The van der Waals surface area contributed by atoms with Crippen molar-refractivity contribution in [2.45, 2.75) is 62.4 Å². The van der Waals surface area contributed by atoms with Gasteiger partial charge >= 0.3 is 6.18 Å². The summed E-state index contributed by atoms with van der Waals surface area (Å²) in [6, 6.07) is 14.8. The van der Waals surface area contributed by atoms with E-state index in [2.05, 4.69) is 29.0 Å². The molecule has 1 aliphatic heterocycles. The van der Waals surface area contributed by atoms with Gasteiger partial charge in [0.15, 0.2) is 0 Å². The van der Waals surface area contributed by atoms with E-state index in [4.69, 9.17) is 4.74 Å². The molecule has 0 radical (unpaired) electrons. The van der Waals surface area contributed by atoms with E-state index >= 15 is 0 Å². The van der Waals surface area contributed by atoms with E-state index < -0.39 is 21.8 Å². The van der Waals surface area contributed by atoms with E-state index in [9.17, 15) is 21.6 Å². The Labute approximate surface area is 199 Å². The number of nitrogens with zero attached hydrogens (tertiary/aromatic N) is 1. The lowest BCUT2D eigenvalue weighted by Gasteiger charge is -2.34. The number of halogens is 3. The molecular formula is C25H31F3N2O3S. The van der Waals surface area contributed by atoms with Crippen LogP contribution in [-0.2, 0) is 20.9 Å². The maximum atomic E-state index is 13.0. The van der Waals surface area contributed by atoms with E-state index in [0.717, 1.165) is 44.1 Å². The molecule has 2 fully saturated rings. The third-order valence-electron chi connectivity index (χ3n) is 6.89. The molecule has 1 unspecified atom stereocenters. The summed E-state index contributed by atoms with van der Waals surface area (Å²) in [6.07, 6.45) is 1.30. The third kappa shape index (κ3) is 6.31. The maximum Gasteiger partial charge on any atom is 0.416 e. The number of benzene rings is 2. The monoisotopic (exact) mass is 496 g/mol. The van der Waals surface area contributed by atoms with Crippen molar-refractivity contribution in [3.63, 3.8) is 0 Å². The molecule has 0 aromatic heterocycles. The summed E-state index contributed by atoms with van der Waals surface area (Å²) in [5.41, 5.74) is 1.28. The second kappa shape index (κ2) is 10.3. The number of sulfonamides is 1. The molecule has 1 heterocycles. The van der Waals surface area contributed by atoms with Gasteiger partial charge in [0.2, 0.25) is 10.0 Å². The molecule has 9 heteroatoms. The first kappa shape index (κ1) is 25.0. The number of nitrogens with one attached hydrogen (secondary N) is 1. The van der Waals surface area contributed by atoms with Gasteiger partial charge in [0.25, 0.3) is 0 Å². The average molecular weight is 497 g/mol. The van der Waals surface area contributed by atoms with Crippen molar-refractivity contribution in [3.05, 3.63) is 65.7 Å². The minimum absolute atomic E-state index is 0.0916. The quantitative estimate of drug-likeness (QED) is 0.590. The Morgan fingerprint density at radius 1 is 0.971 bits per heavy atom. The van der Waals surface area contributed by atoms with Crippen LogP contribution in [0.2, 0.25) is 0 Å². The van der Waals surface area contributed by atoms with Crippen LogP contribution in [0.3, 0.4) is 0 Å². The third-order valence-corrected chi connectivity index (χ3v) is 7.62. The summed E-state index contributed by atoms with van der Waals surface area (Å²) < 4.78 is 71.7. The molecule has 4 rings (SSSR count). The summed E-state index contributed by atoms with van der Waals surface area (Å²) in [6.45, 7) is 0.849. The van der Waals surface area contributed by atoms with Crippen molar-refractivity contribution in [2.75, 3.05) is 24.3 Å². The maximum absolute atomic E-state index is 13.0. The SMILES string of the molecule is CS(=O)(=O)N[C@H]1CCN(c2ccc(C(F)(F)F)cc2)C1COC1CCC(c2ccccc2)CC1. The smallest absolute Gasteiger partial charge is 0.376 e. The molecule has 0 amide bonds. The van der Waals surface area contributed by atoms with Gasteiger partial charge in [-0.1, -0.05) is 30.3 Å². The molecule has 34 heavy (non-hydrogen) atoms. The largest absolute Gasteiger partial charge is 0.416 e. The Morgan fingerprint density at radius 2 is 1.62 bits per heavy atom. The minimum Gasteiger partial charge on any atom is -0.376 e. The van der Waals surface area contributed by atoms with Crippen LogP contribution >= 0.6 is 0 Å². The zero-order valence-corrected chi connectivity index (χ0v) is 20.0. The van der Waals surface area contributed by atoms with E-state index in [0.29, 0.717) is 31.2 Å². The highest BCUT2D eigenvalue weighted by Crippen LogP contribution is 2.35. The van der Waals surface area contributed by atoms with Crippen LogP contribution in [0.4, 0.5) is 18.9 Å². The molecule has 2 aliphatic rings. The fourth-order valence-electron chi connectivity index (χ4n) is 5.16. The molecule has 1 saturated heterocycles. The fourth-order valence-corrected chi connectivity index (χ4v) is 5.98. The molecule has 1 N–H and O–H groups in total. The first-order chi connectivity index (χ1) is 16.1. The van der Waals surface area contributed by atoms with Gasteiger partial charge in [-0.3, -0.25) is 0 Å². The van der Waals surface area contributed by atoms with E-state index in [1.54, 1.807) is 0 Å². The molecule has 1 saturated carbocycles. The zero-order chi connectivity index (χ0) is 24.3. The van der Waals surface area contributed by atoms with Gasteiger partial charge in [-0.05, 0) is 67.9 Å². The standard InChI is InChI=1S/C25H31F3N2O3S/c1-34(31,32)29-23-15-16-30(21-11-9-20(10-12-21)25(26,27)28)24(23)17-33-22-13-7-19(8-14-22)18-5-3-2-4-6-18/h2-6,9-12,19,22-24,29H,7-8,13-17H2,1H3/t19?,22?,23-,24?/m0/s1. The normalized spacial score (nSPS) is 26.1. The Balaban J connectivity index is 1.41. The number of ether oxygens (including phenoxy) is 1. The number of rotatable bonds is 7. The van der Waals surface area contributed by atoms with E-state index in [1.807, 2.05) is 11.0 Å². The van der Waals surface area contributed by atoms with Crippen molar-refractivity contribution >= 4 is 15.7 Å². The number of alkyl halides is 3. The highest BCUT2D eigenvalue weighted by Gasteiger charge is 2.37. The molecule has 0 bridgehead atoms. The Morgan fingerprint density at radius 3 is 2.21 bits per heavy atom. The van der Waals surface area contributed by atoms with Gasteiger partial charge in [-0.2, -0.15) is 13.2 Å². The van der Waals surface area contributed by atoms with Crippen molar-refractivity contribution in [3.8, 4) is 0 Å². The number of hydrogen-bond acceptors (Lipinski definition) is 4. The fraction of sp³-hybridized carbons (Fsp3) is 0.520. The van der Waals surface area contributed by atoms with Gasteiger partial charge in [-0.15, -0.1) is 0 Å². The Kier molecular flexibility index (Phi) is 7.54. The summed E-state index contributed by atoms with van der Waals surface area (Å²) in [4.78, 5) is 1.96. The van der Waals surface area contributed by atoms with Crippen LogP contribution in [0, 0.1) is 0 Å². The van der Waals surface area contributed by atoms with Crippen LogP contribution in [-0.4, -0.2) is 46.0 Å². The molecule has 2 atom stereocenters. The van der Waals surface area contributed by atoms with Crippen LogP contribution < -0.4 is 9.62 Å². The predicted molar refractivity (Wildman–Crippen MR) is 126 cm³/mol. The van der Waals surface area contributed by atoms with Crippen molar-refractivity contribution in [1.29, 1.82) is 0 Å². The summed E-state index contributed by atoms with van der Waals surface area (Å²) in [5.74, 6) is 0.524. The molecule has 0 spiro atoms. The zero-order valence-electron chi connectivity index (χ0n) is 19.2. The number of anilines is 1. The second-order valence-electron chi connectivity index (χ2n) is 9.31. The van der Waals surface area contributed by atoms with Crippen molar-refractivity contribution in [2.24, 2.45) is 0 Å². The summed E-state index contributed by atoms with van der Waals surface area (Å²) in [5, 5.41) is 0. The van der Waals surface area contributed by atoms with E-state index in [1.165, 1.54) is 17.7 Å². The lowest BCUT2D eigenvalue weighted by molar-refractivity contribution is -0.137. The lowest BCUT2D eigenvalue weighted by atomic mass is 9.83. The van der Waals surface area contributed by atoms with Crippen molar-refractivity contribution < 1.29 is 26.3 Å². The number of hydrogen-bond donors (Lipinski definition) is 1. The van der Waals surface area contributed by atoms with Gasteiger partial charge in [0, 0.05) is 18.3 Å². The summed E-state index contributed by atoms with van der Waals surface area (Å²) in [7, 11) is -3.43. The first-order valence-electron chi connectivity index (χ1n) is 11.7. The van der Waals surface area contributed by atoms with E-state index in [-0.39, 0.29) is 18.2 Å². The van der Waals surface area contributed by atoms with Gasteiger partial charge in [0.1, 0.15) is 0 Å². The topological polar surface area (TPSA) is 58.6 Å². The minimum atomic E-state index is -4.40. The van der Waals surface area contributed by atoms with Crippen molar-refractivity contribution in [1.82, 2.24) is 4.72 Å². The van der Waals surface area contributed by atoms with Crippen LogP contribution in [0.1, 0.15) is 49.1 Å². The van der Waals surface area contributed by atoms with Crippen LogP contribution in [0.25, 0.3) is 0 Å². The molecular weight excluding hydrogens is 465 g/mol. The molecule has 2 aromatic rings. The molecule has 2 aromatic carbocycles. The van der Waals surface area contributed by atoms with Crippen LogP contribution in [0.5, 0.6) is 0 Å². The highest BCUT2D eigenvalue weighted by atomic mass is 32.2. The second-order valence-corrected chi connectivity index (χ2v) is 11.1. The van der Waals surface area contributed by atoms with Gasteiger partial charge in [0.05, 0.1) is 30.6 Å². The van der Waals surface area contributed by atoms with Gasteiger partial charge in [-0.25, -0.2) is 13.1 Å². The first-order valence-corrected chi connectivity index (χ1v) is 13.6. The molecule has 5 nitrogen and oxygen atoms in total. The van der Waals surface area contributed by atoms with Crippen LogP contribution in [0.15, 0.2) is 54.6 Å². The predicted octanol–water partition coefficient (Wildman–Crippen LogP) is 4.94. The molecule has 1 aliphatic carbocycles. The van der Waals surface area contributed by atoms with Gasteiger partial charge < -0.3 is 9.64 Å². The average Bonchev–Trinajstić information content (AvgIpc) is 3.19. The lowest BCUT2D eigenvalue weighted by Crippen LogP contribution is -2.48. The Hall–Kier alpha value is -2.10. The molecule has 186 valence electrons. The summed E-state index contributed by atoms with van der Waals surface area (Å²) >= 11 is 0.